The number of aryl methyl sites for hydroxylation is 1. The van der Waals surface area contributed by atoms with Gasteiger partial charge in [0.25, 0.3) is 11.8 Å². The van der Waals surface area contributed by atoms with Gasteiger partial charge in [-0.25, -0.2) is 5.43 Å². The minimum absolute atomic E-state index is 0.0213. The van der Waals surface area contributed by atoms with Crippen molar-refractivity contribution in [2.45, 2.75) is 13.3 Å². The van der Waals surface area contributed by atoms with Crippen molar-refractivity contribution in [1.82, 2.24) is 10.7 Å². The lowest BCUT2D eigenvalue weighted by Gasteiger charge is -2.30. The molecule has 1 atom stereocenters. The van der Waals surface area contributed by atoms with Crippen molar-refractivity contribution in [2.75, 3.05) is 4.90 Å². The van der Waals surface area contributed by atoms with Crippen LogP contribution in [0, 0.1) is 24.2 Å². The smallest absolute Gasteiger partial charge is 0.254 e. The fraction of sp³-hybridized carbons (Fsp3) is 0.200. The zero-order valence-electron chi connectivity index (χ0n) is 12.6. The molecule has 1 aliphatic rings. The number of hydrogen-bond donors (Lipinski definition) is 2. The summed E-state index contributed by atoms with van der Waals surface area (Å²) >= 11 is 5.06. The fourth-order valence-electron chi connectivity index (χ4n) is 1.96. The molecule has 1 aromatic carbocycles. The third kappa shape index (κ3) is 3.80. The maximum atomic E-state index is 12.6. The van der Waals surface area contributed by atoms with Crippen molar-refractivity contribution >= 4 is 47.0 Å². The number of hydrogen-bond acceptors (Lipinski definition) is 6. The van der Waals surface area contributed by atoms with Crippen LogP contribution in [0.1, 0.15) is 12.0 Å². The van der Waals surface area contributed by atoms with Crippen molar-refractivity contribution in [3.63, 3.8) is 0 Å². The molecule has 3 amide bonds. The van der Waals surface area contributed by atoms with Gasteiger partial charge < -0.3 is 5.32 Å². The number of benzene rings is 1. The molecule has 1 aliphatic heterocycles. The van der Waals surface area contributed by atoms with Gasteiger partial charge in [-0.2, -0.15) is 10.4 Å². The minimum Gasteiger partial charge on any atom is -0.301 e. The van der Waals surface area contributed by atoms with E-state index >= 15 is 0 Å². The summed E-state index contributed by atoms with van der Waals surface area (Å²) in [5.74, 6) is -3.08. The Kier molecular flexibility index (Phi) is 5.34. The summed E-state index contributed by atoms with van der Waals surface area (Å²) in [5, 5.41) is 14.3. The number of nitrogens with one attached hydrogen (secondary N) is 2. The highest BCUT2D eigenvalue weighted by Crippen LogP contribution is 2.20. The molecule has 24 heavy (non-hydrogen) atoms. The van der Waals surface area contributed by atoms with Crippen molar-refractivity contribution in [3.05, 3.63) is 29.8 Å². The third-order valence-corrected chi connectivity index (χ3v) is 3.43. The topological polar surface area (TPSA) is 115 Å². The van der Waals surface area contributed by atoms with E-state index in [9.17, 15) is 14.4 Å². The number of amides is 3. The molecule has 2 rings (SSSR count). The van der Waals surface area contributed by atoms with E-state index in [1.165, 1.54) is 4.90 Å². The second-order valence-corrected chi connectivity index (χ2v) is 5.32. The SMILES string of the molecule is Cc1ccc(N2C(=O)[C@@H](/C=N/NC(=O)CC#N)C(=O)NC2=S)cc1. The van der Waals surface area contributed by atoms with Gasteiger partial charge in [-0.3, -0.25) is 19.3 Å². The van der Waals surface area contributed by atoms with Gasteiger partial charge in [-0.15, -0.1) is 0 Å². The van der Waals surface area contributed by atoms with Crippen LogP contribution in [0.2, 0.25) is 0 Å². The Balaban J connectivity index is 2.19. The summed E-state index contributed by atoms with van der Waals surface area (Å²) in [7, 11) is 0. The number of hydrazone groups is 1. The van der Waals surface area contributed by atoms with E-state index in [1.807, 2.05) is 19.1 Å². The molecule has 2 N–H and O–H groups in total. The Labute approximate surface area is 143 Å². The summed E-state index contributed by atoms with van der Waals surface area (Å²) in [4.78, 5) is 36.9. The van der Waals surface area contributed by atoms with E-state index in [4.69, 9.17) is 17.5 Å². The Bertz CT molecular complexity index is 766. The van der Waals surface area contributed by atoms with Gasteiger partial charge in [0.2, 0.25) is 5.91 Å². The van der Waals surface area contributed by atoms with Gasteiger partial charge in [-0.1, -0.05) is 17.7 Å². The van der Waals surface area contributed by atoms with Crippen molar-refractivity contribution in [3.8, 4) is 6.07 Å². The van der Waals surface area contributed by atoms with E-state index in [1.54, 1.807) is 18.2 Å². The van der Waals surface area contributed by atoms with E-state index < -0.39 is 23.6 Å². The number of carbonyl (C=O) groups is 3. The van der Waals surface area contributed by atoms with Crippen molar-refractivity contribution < 1.29 is 14.4 Å². The molecule has 1 aromatic rings. The van der Waals surface area contributed by atoms with Crippen LogP contribution < -0.4 is 15.6 Å². The second-order valence-electron chi connectivity index (χ2n) is 4.93. The molecule has 0 bridgehead atoms. The number of nitrogens with zero attached hydrogens (tertiary/aromatic N) is 3. The molecule has 1 fully saturated rings. The highest BCUT2D eigenvalue weighted by atomic mass is 32.1. The predicted octanol–water partition coefficient (Wildman–Crippen LogP) is 0.375. The summed E-state index contributed by atoms with van der Waals surface area (Å²) in [6.45, 7) is 1.90. The average molecular weight is 343 g/mol. The Morgan fingerprint density at radius 2 is 2.12 bits per heavy atom. The molecule has 0 aromatic heterocycles. The zero-order chi connectivity index (χ0) is 17.7. The first-order chi connectivity index (χ1) is 11.4. The largest absolute Gasteiger partial charge is 0.301 e. The third-order valence-electron chi connectivity index (χ3n) is 3.15. The number of thiocarbonyl (C=S) groups is 1. The lowest BCUT2D eigenvalue weighted by Crippen LogP contribution is -2.58. The van der Waals surface area contributed by atoms with Crippen LogP contribution >= 0.6 is 12.2 Å². The Hall–Kier alpha value is -3.12. The van der Waals surface area contributed by atoms with Gasteiger partial charge in [0, 0.05) is 6.21 Å². The normalized spacial score (nSPS) is 17.6. The molecule has 0 spiro atoms. The monoisotopic (exact) mass is 343 g/mol. The molecule has 1 saturated heterocycles. The van der Waals surface area contributed by atoms with Crippen LogP contribution in [0.5, 0.6) is 0 Å². The minimum atomic E-state index is -1.24. The molecule has 0 saturated carbocycles. The molecular weight excluding hydrogens is 330 g/mol. The predicted molar refractivity (Wildman–Crippen MR) is 89.8 cm³/mol. The summed E-state index contributed by atoms with van der Waals surface area (Å²) in [6, 6.07) is 8.70. The molecule has 1 heterocycles. The van der Waals surface area contributed by atoms with E-state index in [0.717, 1.165) is 11.8 Å². The number of rotatable bonds is 4. The summed E-state index contributed by atoms with van der Waals surface area (Å²) in [6.07, 6.45) is 0.637. The van der Waals surface area contributed by atoms with Gasteiger partial charge >= 0.3 is 0 Å². The van der Waals surface area contributed by atoms with E-state index in [-0.39, 0.29) is 11.5 Å². The van der Waals surface area contributed by atoms with Crippen LogP contribution in [0.3, 0.4) is 0 Å². The quantitative estimate of drug-likeness (QED) is 0.355. The van der Waals surface area contributed by atoms with Crippen LogP contribution in [-0.4, -0.2) is 29.0 Å². The van der Waals surface area contributed by atoms with Gasteiger partial charge in [0.1, 0.15) is 6.42 Å². The fourth-order valence-corrected chi connectivity index (χ4v) is 2.25. The lowest BCUT2D eigenvalue weighted by atomic mass is 10.1. The van der Waals surface area contributed by atoms with E-state index in [2.05, 4.69) is 15.8 Å². The Morgan fingerprint density at radius 3 is 2.75 bits per heavy atom. The molecule has 122 valence electrons. The molecular formula is C15H13N5O3S. The standard InChI is InChI=1S/C15H13N5O3S/c1-9-2-4-10(5-3-9)20-14(23)11(13(22)18-15(20)24)8-17-19-12(21)6-7-16/h2-5,8,11H,6H2,1H3,(H,19,21)(H,18,22,24)/b17-8+/t11-/m0/s1. The number of anilines is 1. The molecule has 8 nitrogen and oxygen atoms in total. The first-order valence-corrected chi connectivity index (χ1v) is 7.29. The second kappa shape index (κ2) is 7.43. The van der Waals surface area contributed by atoms with Crippen LogP contribution in [0.15, 0.2) is 29.4 Å². The lowest BCUT2D eigenvalue weighted by molar-refractivity contribution is -0.130. The first kappa shape index (κ1) is 17.2. The highest BCUT2D eigenvalue weighted by molar-refractivity contribution is 7.80. The first-order valence-electron chi connectivity index (χ1n) is 6.88. The summed E-state index contributed by atoms with van der Waals surface area (Å²) < 4.78 is 0. The van der Waals surface area contributed by atoms with Crippen LogP contribution in [-0.2, 0) is 14.4 Å². The van der Waals surface area contributed by atoms with Crippen LogP contribution in [0.4, 0.5) is 5.69 Å². The van der Waals surface area contributed by atoms with Gasteiger partial charge in [0.05, 0.1) is 11.8 Å². The van der Waals surface area contributed by atoms with Crippen molar-refractivity contribution in [1.29, 1.82) is 5.26 Å². The maximum Gasteiger partial charge on any atom is 0.254 e. The van der Waals surface area contributed by atoms with Gasteiger partial charge in [0.15, 0.2) is 11.0 Å². The number of carbonyl (C=O) groups excluding carboxylic acids is 3. The average Bonchev–Trinajstić information content (AvgIpc) is 2.52. The zero-order valence-corrected chi connectivity index (χ0v) is 13.5. The molecule has 0 radical (unpaired) electrons. The molecule has 0 unspecified atom stereocenters. The highest BCUT2D eigenvalue weighted by Gasteiger charge is 2.38. The maximum absolute atomic E-state index is 12.6. The Morgan fingerprint density at radius 1 is 1.46 bits per heavy atom. The number of nitriles is 1. The molecule has 0 aliphatic carbocycles. The van der Waals surface area contributed by atoms with Crippen molar-refractivity contribution in [2.24, 2.45) is 11.0 Å². The van der Waals surface area contributed by atoms with Gasteiger partial charge in [-0.05, 0) is 31.3 Å². The molecule has 9 heteroatoms. The summed E-state index contributed by atoms with van der Waals surface area (Å²) in [5.41, 5.74) is 3.60. The van der Waals surface area contributed by atoms with Crippen LogP contribution in [0.25, 0.3) is 0 Å². The van der Waals surface area contributed by atoms with E-state index in [0.29, 0.717) is 5.69 Å².